The first-order valence-electron chi connectivity index (χ1n) is 9.81. The van der Waals surface area contributed by atoms with E-state index in [1.807, 2.05) is 31.2 Å². The lowest BCUT2D eigenvalue weighted by Gasteiger charge is -2.21. The third-order valence-electron chi connectivity index (χ3n) is 5.07. The van der Waals surface area contributed by atoms with Crippen molar-refractivity contribution in [3.63, 3.8) is 0 Å². The molecule has 1 atom stereocenters. The van der Waals surface area contributed by atoms with Crippen molar-refractivity contribution < 1.29 is 9.90 Å². The summed E-state index contributed by atoms with van der Waals surface area (Å²) in [6, 6.07) is 14.3. The van der Waals surface area contributed by atoms with Crippen LogP contribution in [0.4, 0.5) is 5.69 Å². The Labute approximate surface area is 167 Å². The third-order valence-corrected chi connectivity index (χ3v) is 5.07. The molecule has 0 aliphatic heterocycles. The SMILES string of the molecule is CCC(O)CNC(=O)/C(C#N)=C(\C)c1ccc2cc(N(CC)CC)ccc2c1. The van der Waals surface area contributed by atoms with Crippen LogP contribution in [0.25, 0.3) is 16.3 Å². The van der Waals surface area contributed by atoms with Crippen LogP contribution in [-0.4, -0.2) is 36.8 Å². The molecule has 1 amide bonds. The van der Waals surface area contributed by atoms with Crippen molar-refractivity contribution in [2.24, 2.45) is 0 Å². The van der Waals surface area contributed by atoms with Crippen LogP contribution in [0.1, 0.15) is 39.7 Å². The minimum atomic E-state index is -0.607. The van der Waals surface area contributed by atoms with Gasteiger partial charge < -0.3 is 15.3 Å². The van der Waals surface area contributed by atoms with Gasteiger partial charge in [0.2, 0.25) is 0 Å². The van der Waals surface area contributed by atoms with Crippen molar-refractivity contribution in [2.45, 2.75) is 40.2 Å². The summed E-state index contributed by atoms with van der Waals surface area (Å²) in [6.07, 6.45) is -0.0600. The number of hydrogen-bond donors (Lipinski definition) is 2. The summed E-state index contributed by atoms with van der Waals surface area (Å²) in [7, 11) is 0. The second-order valence-electron chi connectivity index (χ2n) is 6.80. The van der Waals surface area contributed by atoms with Crippen molar-refractivity contribution in [1.82, 2.24) is 5.32 Å². The zero-order chi connectivity index (χ0) is 20.7. The highest BCUT2D eigenvalue weighted by atomic mass is 16.3. The molecule has 0 aliphatic rings. The number of anilines is 1. The van der Waals surface area contributed by atoms with E-state index < -0.39 is 12.0 Å². The maximum Gasteiger partial charge on any atom is 0.262 e. The first-order chi connectivity index (χ1) is 13.4. The smallest absolute Gasteiger partial charge is 0.262 e. The minimum absolute atomic E-state index is 0.0717. The molecule has 0 aromatic heterocycles. The summed E-state index contributed by atoms with van der Waals surface area (Å²) in [6.45, 7) is 9.94. The molecule has 0 saturated heterocycles. The quantitative estimate of drug-likeness (QED) is 0.539. The minimum Gasteiger partial charge on any atom is -0.391 e. The number of benzene rings is 2. The summed E-state index contributed by atoms with van der Waals surface area (Å²) in [5.41, 5.74) is 2.72. The Balaban J connectivity index is 2.34. The maximum atomic E-state index is 12.4. The molecule has 1 unspecified atom stereocenters. The average molecular weight is 380 g/mol. The number of carbonyl (C=O) groups excluding carboxylic acids is 1. The number of amides is 1. The van der Waals surface area contributed by atoms with E-state index in [4.69, 9.17) is 0 Å². The molecule has 0 heterocycles. The lowest BCUT2D eigenvalue weighted by atomic mass is 9.98. The monoisotopic (exact) mass is 379 g/mol. The predicted molar refractivity (Wildman–Crippen MR) is 115 cm³/mol. The Morgan fingerprint density at radius 1 is 1.14 bits per heavy atom. The highest BCUT2D eigenvalue weighted by Crippen LogP contribution is 2.27. The topological polar surface area (TPSA) is 76.4 Å². The molecule has 28 heavy (non-hydrogen) atoms. The van der Waals surface area contributed by atoms with Gasteiger partial charge >= 0.3 is 0 Å². The molecule has 0 spiro atoms. The highest BCUT2D eigenvalue weighted by Gasteiger charge is 2.15. The summed E-state index contributed by atoms with van der Waals surface area (Å²) < 4.78 is 0. The number of carbonyl (C=O) groups is 1. The van der Waals surface area contributed by atoms with E-state index >= 15 is 0 Å². The molecule has 0 radical (unpaired) electrons. The molecule has 2 aromatic carbocycles. The van der Waals surface area contributed by atoms with E-state index in [-0.39, 0.29) is 12.1 Å². The first kappa shape index (κ1) is 21.5. The third kappa shape index (κ3) is 4.90. The van der Waals surface area contributed by atoms with Gasteiger partial charge in [0.15, 0.2) is 0 Å². The van der Waals surface area contributed by atoms with Crippen molar-refractivity contribution >= 4 is 27.9 Å². The largest absolute Gasteiger partial charge is 0.391 e. The van der Waals surface area contributed by atoms with Crippen LogP contribution in [0.3, 0.4) is 0 Å². The van der Waals surface area contributed by atoms with Gasteiger partial charge in [-0.1, -0.05) is 25.1 Å². The number of nitrogens with one attached hydrogen (secondary N) is 1. The Morgan fingerprint density at radius 2 is 1.79 bits per heavy atom. The number of nitrogens with zero attached hydrogens (tertiary/aromatic N) is 2. The zero-order valence-corrected chi connectivity index (χ0v) is 17.1. The van der Waals surface area contributed by atoms with Gasteiger partial charge in [-0.15, -0.1) is 0 Å². The molecular formula is C23H29N3O2. The molecule has 0 saturated carbocycles. The van der Waals surface area contributed by atoms with Gasteiger partial charge in [-0.05, 0) is 67.3 Å². The standard InChI is InChI=1S/C23H29N3O2/c1-5-21(27)15-25-23(28)22(14-24)16(4)17-8-9-19-13-20(26(6-2)7-3)11-10-18(19)12-17/h8-13,21,27H,5-7,15H2,1-4H3,(H,25,28)/b22-16+. The number of allylic oxidation sites excluding steroid dienone is 1. The van der Waals surface area contributed by atoms with Crippen molar-refractivity contribution in [3.05, 3.63) is 47.5 Å². The second kappa shape index (κ2) is 9.91. The van der Waals surface area contributed by atoms with Crippen molar-refractivity contribution in [3.8, 4) is 6.07 Å². The maximum absolute atomic E-state index is 12.4. The van der Waals surface area contributed by atoms with Crippen LogP contribution in [-0.2, 0) is 4.79 Å². The Kier molecular flexibility index (Phi) is 7.60. The lowest BCUT2D eigenvalue weighted by Crippen LogP contribution is -2.32. The molecule has 148 valence electrons. The van der Waals surface area contributed by atoms with Gasteiger partial charge in [0.05, 0.1) is 6.10 Å². The molecule has 0 fully saturated rings. The molecule has 2 aromatic rings. The molecule has 2 rings (SSSR count). The van der Waals surface area contributed by atoms with E-state index in [2.05, 4.69) is 42.3 Å². The highest BCUT2D eigenvalue weighted by molar-refractivity contribution is 6.05. The summed E-state index contributed by atoms with van der Waals surface area (Å²) >= 11 is 0. The molecular weight excluding hydrogens is 350 g/mol. The normalized spacial score (nSPS) is 12.9. The Hall–Kier alpha value is -2.84. The fourth-order valence-electron chi connectivity index (χ4n) is 3.14. The summed E-state index contributed by atoms with van der Waals surface area (Å²) in [5, 5.41) is 23.9. The fourth-order valence-corrected chi connectivity index (χ4v) is 3.14. The number of aliphatic hydroxyl groups excluding tert-OH is 1. The van der Waals surface area contributed by atoms with Crippen LogP contribution in [0.5, 0.6) is 0 Å². The van der Waals surface area contributed by atoms with E-state index in [0.29, 0.717) is 12.0 Å². The van der Waals surface area contributed by atoms with E-state index in [9.17, 15) is 15.2 Å². The number of hydrogen-bond acceptors (Lipinski definition) is 4. The summed E-state index contributed by atoms with van der Waals surface area (Å²) in [5.74, 6) is -0.454. The van der Waals surface area contributed by atoms with Gasteiger partial charge in [0, 0.05) is 25.3 Å². The Bertz CT molecular complexity index is 908. The van der Waals surface area contributed by atoms with Gasteiger partial charge in [0.25, 0.3) is 5.91 Å². The van der Waals surface area contributed by atoms with Crippen LogP contribution >= 0.6 is 0 Å². The van der Waals surface area contributed by atoms with Gasteiger partial charge in [-0.3, -0.25) is 4.79 Å². The molecule has 5 nitrogen and oxygen atoms in total. The van der Waals surface area contributed by atoms with Crippen LogP contribution in [0.15, 0.2) is 42.0 Å². The van der Waals surface area contributed by atoms with Crippen LogP contribution in [0, 0.1) is 11.3 Å². The van der Waals surface area contributed by atoms with Crippen LogP contribution < -0.4 is 10.2 Å². The Morgan fingerprint density at radius 3 is 2.39 bits per heavy atom. The van der Waals surface area contributed by atoms with E-state index in [0.717, 1.165) is 29.4 Å². The zero-order valence-electron chi connectivity index (χ0n) is 17.1. The first-order valence-corrected chi connectivity index (χ1v) is 9.81. The number of aliphatic hydroxyl groups is 1. The van der Waals surface area contributed by atoms with Gasteiger partial charge in [-0.2, -0.15) is 5.26 Å². The van der Waals surface area contributed by atoms with Crippen molar-refractivity contribution in [1.29, 1.82) is 5.26 Å². The average Bonchev–Trinajstić information content (AvgIpc) is 2.72. The number of nitriles is 1. The van der Waals surface area contributed by atoms with E-state index in [1.165, 1.54) is 5.69 Å². The summed E-state index contributed by atoms with van der Waals surface area (Å²) in [4.78, 5) is 14.6. The number of rotatable bonds is 8. The van der Waals surface area contributed by atoms with Gasteiger partial charge in [0.1, 0.15) is 11.6 Å². The molecule has 5 heteroatoms. The van der Waals surface area contributed by atoms with E-state index in [1.54, 1.807) is 6.92 Å². The fraction of sp³-hybridized carbons (Fsp3) is 0.391. The van der Waals surface area contributed by atoms with Crippen molar-refractivity contribution in [2.75, 3.05) is 24.5 Å². The molecule has 2 N–H and O–H groups in total. The molecule has 0 bridgehead atoms. The van der Waals surface area contributed by atoms with Crippen LogP contribution in [0.2, 0.25) is 0 Å². The molecule has 0 aliphatic carbocycles. The number of fused-ring (bicyclic) bond motifs is 1. The van der Waals surface area contributed by atoms with Gasteiger partial charge in [-0.25, -0.2) is 0 Å². The lowest BCUT2D eigenvalue weighted by molar-refractivity contribution is -0.117. The predicted octanol–water partition coefficient (Wildman–Crippen LogP) is 3.87. The second-order valence-corrected chi connectivity index (χ2v) is 6.80.